The van der Waals surface area contributed by atoms with Crippen molar-refractivity contribution in [1.82, 2.24) is 5.32 Å². The highest BCUT2D eigenvalue weighted by Crippen LogP contribution is 2.17. The first kappa shape index (κ1) is 14.6. The van der Waals surface area contributed by atoms with Crippen molar-refractivity contribution in [3.8, 4) is 0 Å². The lowest BCUT2D eigenvalue weighted by Gasteiger charge is -2.09. The summed E-state index contributed by atoms with van der Waals surface area (Å²) in [4.78, 5) is 0. The number of ether oxygens (including phenoxy) is 2. The SMILES string of the molecule is CCCNCc1cc(COCC2CCCO2)c(C)o1. The molecule has 1 unspecified atom stereocenters. The first-order chi connectivity index (χ1) is 9.29. The van der Waals surface area contributed by atoms with Gasteiger partial charge in [-0.25, -0.2) is 0 Å². The molecule has 1 saturated heterocycles. The molecule has 1 N–H and O–H groups in total. The van der Waals surface area contributed by atoms with Crippen molar-refractivity contribution in [3.05, 3.63) is 23.2 Å². The molecule has 1 aliphatic heterocycles. The molecule has 2 heterocycles. The van der Waals surface area contributed by atoms with E-state index in [4.69, 9.17) is 13.9 Å². The maximum atomic E-state index is 5.72. The first-order valence-electron chi connectivity index (χ1n) is 7.28. The number of aryl methyl sites for hydroxylation is 1. The van der Waals surface area contributed by atoms with Gasteiger partial charge >= 0.3 is 0 Å². The van der Waals surface area contributed by atoms with Gasteiger partial charge < -0.3 is 19.2 Å². The van der Waals surface area contributed by atoms with Gasteiger partial charge in [-0.3, -0.25) is 0 Å². The average Bonchev–Trinajstić information content (AvgIpc) is 3.01. The molecular weight excluding hydrogens is 242 g/mol. The quantitative estimate of drug-likeness (QED) is 0.736. The van der Waals surface area contributed by atoms with E-state index in [0.29, 0.717) is 13.2 Å². The number of rotatable bonds is 8. The molecule has 19 heavy (non-hydrogen) atoms. The highest BCUT2D eigenvalue weighted by Gasteiger charge is 2.16. The monoisotopic (exact) mass is 267 g/mol. The highest BCUT2D eigenvalue weighted by atomic mass is 16.5. The highest BCUT2D eigenvalue weighted by molar-refractivity contribution is 5.19. The number of furan rings is 1. The number of hydrogen-bond acceptors (Lipinski definition) is 4. The molecule has 0 aliphatic carbocycles. The molecule has 2 rings (SSSR count). The van der Waals surface area contributed by atoms with Crippen molar-refractivity contribution in [3.63, 3.8) is 0 Å². The van der Waals surface area contributed by atoms with Gasteiger partial charge in [-0.1, -0.05) is 6.92 Å². The lowest BCUT2D eigenvalue weighted by molar-refractivity contribution is 0.0103. The van der Waals surface area contributed by atoms with Crippen molar-refractivity contribution in [2.45, 2.75) is 52.4 Å². The lowest BCUT2D eigenvalue weighted by Crippen LogP contribution is -2.14. The fraction of sp³-hybridized carbons (Fsp3) is 0.733. The summed E-state index contributed by atoms with van der Waals surface area (Å²) in [5.74, 6) is 1.95. The zero-order chi connectivity index (χ0) is 13.5. The topological polar surface area (TPSA) is 43.6 Å². The lowest BCUT2D eigenvalue weighted by atomic mass is 10.2. The second kappa shape index (κ2) is 7.68. The Labute approximate surface area is 115 Å². The maximum Gasteiger partial charge on any atom is 0.118 e. The molecule has 4 nitrogen and oxygen atoms in total. The second-order valence-corrected chi connectivity index (χ2v) is 5.12. The summed E-state index contributed by atoms with van der Waals surface area (Å²) in [5, 5.41) is 3.34. The van der Waals surface area contributed by atoms with E-state index in [9.17, 15) is 0 Å². The molecular formula is C15H25NO3. The van der Waals surface area contributed by atoms with Crippen LogP contribution in [0, 0.1) is 6.92 Å². The van der Waals surface area contributed by atoms with Crippen molar-refractivity contribution < 1.29 is 13.9 Å². The van der Waals surface area contributed by atoms with E-state index in [1.54, 1.807) is 0 Å². The summed E-state index contributed by atoms with van der Waals surface area (Å²) in [7, 11) is 0. The van der Waals surface area contributed by atoms with Crippen LogP contribution in [0.15, 0.2) is 10.5 Å². The van der Waals surface area contributed by atoms with E-state index in [-0.39, 0.29) is 6.10 Å². The Morgan fingerprint density at radius 3 is 3.11 bits per heavy atom. The average molecular weight is 267 g/mol. The minimum Gasteiger partial charge on any atom is -0.465 e. The molecule has 0 bridgehead atoms. The Hall–Kier alpha value is -0.840. The Bertz CT molecular complexity index is 369. The molecule has 4 heteroatoms. The standard InChI is InChI=1S/C15H25NO3/c1-3-6-16-9-15-8-13(12(2)19-15)10-17-11-14-5-4-7-18-14/h8,14,16H,3-7,9-11H2,1-2H3. The molecule has 0 saturated carbocycles. The van der Waals surface area contributed by atoms with Crippen LogP contribution in [0.25, 0.3) is 0 Å². The first-order valence-corrected chi connectivity index (χ1v) is 7.28. The summed E-state index contributed by atoms with van der Waals surface area (Å²) in [6.07, 6.45) is 3.71. The van der Waals surface area contributed by atoms with Crippen LogP contribution in [0.5, 0.6) is 0 Å². The van der Waals surface area contributed by atoms with Crippen LogP contribution >= 0.6 is 0 Å². The fourth-order valence-corrected chi connectivity index (χ4v) is 2.28. The van der Waals surface area contributed by atoms with Gasteiger partial charge in [-0.15, -0.1) is 0 Å². The second-order valence-electron chi connectivity index (χ2n) is 5.12. The zero-order valence-corrected chi connectivity index (χ0v) is 12.0. The Balaban J connectivity index is 1.72. The van der Waals surface area contributed by atoms with E-state index in [2.05, 4.69) is 18.3 Å². The Morgan fingerprint density at radius 2 is 2.37 bits per heavy atom. The summed E-state index contributed by atoms with van der Waals surface area (Å²) < 4.78 is 17.0. The van der Waals surface area contributed by atoms with Crippen LogP contribution in [-0.4, -0.2) is 25.9 Å². The van der Waals surface area contributed by atoms with Gasteiger partial charge in [0.2, 0.25) is 0 Å². The predicted octanol–water partition coefficient (Wildman–Crippen LogP) is 2.78. The molecule has 1 fully saturated rings. The van der Waals surface area contributed by atoms with Crippen LogP contribution in [0.2, 0.25) is 0 Å². The molecule has 0 aromatic carbocycles. The van der Waals surface area contributed by atoms with Gasteiger partial charge in [-0.2, -0.15) is 0 Å². The van der Waals surface area contributed by atoms with Gasteiger partial charge in [0.25, 0.3) is 0 Å². The summed E-state index contributed by atoms with van der Waals surface area (Å²) >= 11 is 0. The van der Waals surface area contributed by atoms with Crippen LogP contribution in [-0.2, 0) is 22.6 Å². The summed E-state index contributed by atoms with van der Waals surface area (Å²) in [5.41, 5.74) is 1.14. The molecule has 1 atom stereocenters. The summed E-state index contributed by atoms with van der Waals surface area (Å²) in [6.45, 7) is 8.15. The third-order valence-electron chi connectivity index (χ3n) is 3.38. The van der Waals surface area contributed by atoms with Gasteiger partial charge in [0, 0.05) is 12.2 Å². The molecule has 108 valence electrons. The molecule has 0 amide bonds. The van der Waals surface area contributed by atoms with E-state index in [1.165, 1.54) is 0 Å². The van der Waals surface area contributed by atoms with E-state index >= 15 is 0 Å². The normalized spacial score (nSPS) is 19.2. The van der Waals surface area contributed by atoms with E-state index in [1.807, 2.05) is 6.92 Å². The van der Waals surface area contributed by atoms with Gasteiger partial charge in [0.05, 0.1) is 25.9 Å². The Morgan fingerprint density at radius 1 is 1.47 bits per heavy atom. The van der Waals surface area contributed by atoms with Gasteiger partial charge in [-0.05, 0) is 38.8 Å². The van der Waals surface area contributed by atoms with Crippen molar-refractivity contribution in [2.75, 3.05) is 19.8 Å². The van der Waals surface area contributed by atoms with Crippen LogP contribution < -0.4 is 5.32 Å². The van der Waals surface area contributed by atoms with Crippen LogP contribution in [0.3, 0.4) is 0 Å². The minimum atomic E-state index is 0.290. The van der Waals surface area contributed by atoms with E-state index in [0.717, 1.165) is 56.0 Å². The summed E-state index contributed by atoms with van der Waals surface area (Å²) in [6, 6.07) is 2.09. The molecule has 0 spiro atoms. The largest absolute Gasteiger partial charge is 0.465 e. The van der Waals surface area contributed by atoms with Gasteiger partial charge in [0.15, 0.2) is 0 Å². The van der Waals surface area contributed by atoms with Crippen molar-refractivity contribution in [2.24, 2.45) is 0 Å². The minimum absolute atomic E-state index is 0.290. The van der Waals surface area contributed by atoms with Crippen LogP contribution in [0.1, 0.15) is 43.3 Å². The molecule has 1 aromatic rings. The number of hydrogen-bond donors (Lipinski definition) is 1. The predicted molar refractivity (Wildman–Crippen MR) is 74.1 cm³/mol. The van der Waals surface area contributed by atoms with Crippen molar-refractivity contribution in [1.29, 1.82) is 0 Å². The number of nitrogens with one attached hydrogen (secondary N) is 1. The Kier molecular flexibility index (Phi) is 5.89. The third kappa shape index (κ3) is 4.64. The van der Waals surface area contributed by atoms with Crippen molar-refractivity contribution >= 4 is 0 Å². The fourth-order valence-electron chi connectivity index (χ4n) is 2.28. The van der Waals surface area contributed by atoms with E-state index < -0.39 is 0 Å². The molecule has 1 aromatic heterocycles. The van der Waals surface area contributed by atoms with Gasteiger partial charge in [0.1, 0.15) is 11.5 Å². The maximum absolute atomic E-state index is 5.72. The van der Waals surface area contributed by atoms with Crippen LogP contribution in [0.4, 0.5) is 0 Å². The third-order valence-corrected chi connectivity index (χ3v) is 3.38. The smallest absolute Gasteiger partial charge is 0.118 e. The molecule has 0 radical (unpaired) electrons. The molecule has 1 aliphatic rings. The zero-order valence-electron chi connectivity index (χ0n) is 12.0.